The van der Waals surface area contributed by atoms with Crippen LogP contribution in [0.15, 0.2) is 29.8 Å². The third kappa shape index (κ3) is 5.18. The molecule has 0 saturated carbocycles. The predicted molar refractivity (Wildman–Crippen MR) is 132 cm³/mol. The Hall–Kier alpha value is -2.95. The summed E-state index contributed by atoms with van der Waals surface area (Å²) in [6.45, 7) is 12.7. The van der Waals surface area contributed by atoms with E-state index in [2.05, 4.69) is 41.5 Å². The first-order valence-corrected chi connectivity index (χ1v) is 11.3. The molecule has 0 spiro atoms. The number of fused-ring (bicyclic) bond motifs is 1. The van der Waals surface area contributed by atoms with E-state index in [9.17, 15) is 4.79 Å². The molecule has 3 rings (SSSR count). The minimum Gasteiger partial charge on any atom is -0.497 e. The molecule has 0 aromatic heterocycles. The van der Waals surface area contributed by atoms with Crippen LogP contribution in [0.3, 0.4) is 0 Å². The van der Waals surface area contributed by atoms with Crippen LogP contribution in [0.1, 0.15) is 70.2 Å². The van der Waals surface area contributed by atoms with E-state index in [-0.39, 0.29) is 16.8 Å². The van der Waals surface area contributed by atoms with Crippen LogP contribution in [-0.4, -0.2) is 27.3 Å². The summed E-state index contributed by atoms with van der Waals surface area (Å²) in [4.78, 5) is 13.4. The Balaban J connectivity index is 2.05. The second-order valence-electron chi connectivity index (χ2n) is 10.5. The predicted octanol–water partition coefficient (Wildman–Crippen LogP) is 6.24. The van der Waals surface area contributed by atoms with Gasteiger partial charge >= 0.3 is 5.97 Å². The number of benzene rings is 2. The summed E-state index contributed by atoms with van der Waals surface area (Å²) < 4.78 is 22.6. The van der Waals surface area contributed by atoms with E-state index in [4.69, 9.17) is 18.9 Å². The molecule has 0 N–H and O–H groups in total. The van der Waals surface area contributed by atoms with Crippen LogP contribution in [0, 0.1) is 0 Å². The van der Waals surface area contributed by atoms with Crippen molar-refractivity contribution in [2.24, 2.45) is 0 Å². The van der Waals surface area contributed by atoms with E-state index >= 15 is 0 Å². The van der Waals surface area contributed by atoms with Gasteiger partial charge in [0.25, 0.3) is 0 Å². The lowest BCUT2D eigenvalue weighted by atomic mass is 9.79. The Morgan fingerprint density at radius 2 is 1.30 bits per heavy atom. The summed E-state index contributed by atoms with van der Waals surface area (Å²) in [5.74, 6) is 2.40. The van der Waals surface area contributed by atoms with E-state index in [1.54, 1.807) is 21.3 Å². The lowest BCUT2D eigenvalue weighted by molar-refractivity contribution is -0.130. The molecule has 1 aliphatic rings. The van der Waals surface area contributed by atoms with Gasteiger partial charge in [-0.25, -0.2) is 4.79 Å². The smallest absolute Gasteiger partial charge is 0.339 e. The number of hydrogen-bond acceptors (Lipinski definition) is 5. The monoisotopic (exact) mass is 452 g/mol. The molecule has 0 fully saturated rings. The van der Waals surface area contributed by atoms with Gasteiger partial charge in [-0.05, 0) is 65.1 Å². The molecule has 0 radical (unpaired) electrons. The molecule has 178 valence electrons. The van der Waals surface area contributed by atoms with Crippen LogP contribution < -0.4 is 18.9 Å². The topological polar surface area (TPSA) is 54.0 Å². The molecule has 0 atom stereocenters. The van der Waals surface area contributed by atoms with Crippen LogP contribution in [0.5, 0.6) is 23.0 Å². The average Bonchev–Trinajstić information content (AvgIpc) is 2.76. The number of rotatable bonds is 5. The van der Waals surface area contributed by atoms with Crippen molar-refractivity contribution in [3.05, 3.63) is 52.1 Å². The second-order valence-corrected chi connectivity index (χ2v) is 10.5. The number of methoxy groups -OCH3 is 3. The molecule has 0 heterocycles. The summed E-state index contributed by atoms with van der Waals surface area (Å²) in [6, 6.07) is 7.83. The molecule has 0 bridgehead atoms. The maximum atomic E-state index is 13.4. The lowest BCUT2D eigenvalue weighted by Crippen LogP contribution is -2.23. The van der Waals surface area contributed by atoms with Crippen LogP contribution in [0.25, 0.3) is 6.08 Å². The largest absolute Gasteiger partial charge is 0.497 e. The highest BCUT2D eigenvalue weighted by Crippen LogP contribution is 2.43. The zero-order chi connectivity index (χ0) is 24.6. The summed E-state index contributed by atoms with van der Waals surface area (Å²) in [5, 5.41) is 0. The van der Waals surface area contributed by atoms with E-state index in [1.807, 2.05) is 30.3 Å². The van der Waals surface area contributed by atoms with E-state index in [0.29, 0.717) is 29.2 Å². The highest BCUT2D eigenvalue weighted by atomic mass is 16.5. The number of carbonyl (C=O) groups excluding carboxylic acids is 1. The van der Waals surface area contributed by atoms with Gasteiger partial charge in [0.1, 0.15) is 11.5 Å². The highest BCUT2D eigenvalue weighted by molar-refractivity contribution is 5.96. The fourth-order valence-electron chi connectivity index (χ4n) is 4.08. The molecule has 2 aromatic rings. The second kappa shape index (κ2) is 9.12. The van der Waals surface area contributed by atoms with Crippen molar-refractivity contribution < 1.29 is 23.7 Å². The molecule has 0 amide bonds. The van der Waals surface area contributed by atoms with Gasteiger partial charge in [-0.2, -0.15) is 0 Å². The van der Waals surface area contributed by atoms with Crippen LogP contribution in [-0.2, 0) is 22.0 Å². The van der Waals surface area contributed by atoms with Crippen molar-refractivity contribution in [1.29, 1.82) is 0 Å². The maximum absolute atomic E-state index is 13.4. The Bertz CT molecular complexity index is 1050. The molecule has 0 saturated heterocycles. The molecule has 0 aliphatic heterocycles. The van der Waals surface area contributed by atoms with Gasteiger partial charge in [0, 0.05) is 16.7 Å². The van der Waals surface area contributed by atoms with Crippen LogP contribution in [0.4, 0.5) is 0 Å². The van der Waals surface area contributed by atoms with Crippen molar-refractivity contribution in [3.8, 4) is 23.0 Å². The summed E-state index contributed by atoms with van der Waals surface area (Å²) in [5.41, 5.74) is 4.15. The molecule has 2 aromatic carbocycles. The SMILES string of the molecule is COc1cc(C(C)(C)C)c(OC(=O)C2=Cc3cc(OC)c(OC)cc3CC2)c(C(C)(C)C)c1. The van der Waals surface area contributed by atoms with Crippen molar-refractivity contribution >= 4 is 12.0 Å². The summed E-state index contributed by atoms with van der Waals surface area (Å²) in [6.07, 6.45) is 3.24. The molecular formula is C28H36O5. The third-order valence-electron chi connectivity index (χ3n) is 6.01. The van der Waals surface area contributed by atoms with Gasteiger partial charge in [0.2, 0.25) is 0 Å². The van der Waals surface area contributed by atoms with Gasteiger partial charge in [0.15, 0.2) is 11.5 Å². The maximum Gasteiger partial charge on any atom is 0.339 e. The standard InChI is InChI=1S/C28H36O5/c1-27(2,3)21-15-20(30-7)16-22(28(4,5)6)25(21)33-26(29)18-11-10-17-13-23(31-8)24(32-9)14-19(17)12-18/h12-16H,10-11H2,1-9H3. The van der Waals surface area contributed by atoms with Gasteiger partial charge < -0.3 is 18.9 Å². The third-order valence-corrected chi connectivity index (χ3v) is 6.01. The van der Waals surface area contributed by atoms with Crippen LogP contribution in [0.2, 0.25) is 0 Å². The minimum atomic E-state index is -0.323. The average molecular weight is 453 g/mol. The van der Waals surface area contributed by atoms with Crippen LogP contribution >= 0.6 is 0 Å². The van der Waals surface area contributed by atoms with Gasteiger partial charge in [-0.3, -0.25) is 0 Å². The zero-order valence-electron chi connectivity index (χ0n) is 21.3. The minimum absolute atomic E-state index is 0.235. The number of aryl methyl sites for hydroxylation is 1. The molecule has 33 heavy (non-hydrogen) atoms. The van der Waals surface area contributed by atoms with Crippen molar-refractivity contribution in [2.45, 2.75) is 65.2 Å². The fourth-order valence-corrected chi connectivity index (χ4v) is 4.08. The number of hydrogen-bond donors (Lipinski definition) is 0. The zero-order valence-corrected chi connectivity index (χ0v) is 21.3. The lowest BCUT2D eigenvalue weighted by Gasteiger charge is -2.30. The quantitative estimate of drug-likeness (QED) is 0.397. The van der Waals surface area contributed by atoms with Crippen molar-refractivity contribution in [2.75, 3.05) is 21.3 Å². The first kappa shape index (κ1) is 24.7. The molecule has 1 aliphatic carbocycles. The van der Waals surface area contributed by atoms with E-state index in [1.165, 1.54) is 0 Å². The summed E-state index contributed by atoms with van der Waals surface area (Å²) >= 11 is 0. The summed E-state index contributed by atoms with van der Waals surface area (Å²) in [7, 11) is 4.89. The Kier molecular flexibility index (Phi) is 6.83. The van der Waals surface area contributed by atoms with E-state index in [0.717, 1.165) is 34.4 Å². The molecule has 5 nitrogen and oxygen atoms in total. The number of esters is 1. The molecule has 5 heteroatoms. The fraction of sp³-hybridized carbons (Fsp3) is 0.464. The highest BCUT2D eigenvalue weighted by Gasteiger charge is 2.31. The van der Waals surface area contributed by atoms with Gasteiger partial charge in [-0.1, -0.05) is 41.5 Å². The first-order valence-electron chi connectivity index (χ1n) is 11.3. The van der Waals surface area contributed by atoms with E-state index < -0.39 is 0 Å². The Morgan fingerprint density at radius 3 is 1.79 bits per heavy atom. The molecule has 0 unspecified atom stereocenters. The first-order chi connectivity index (χ1) is 15.4. The Labute approximate surface area is 197 Å². The molecular weight excluding hydrogens is 416 g/mol. The Morgan fingerprint density at radius 1 is 0.758 bits per heavy atom. The van der Waals surface area contributed by atoms with Gasteiger partial charge in [0.05, 0.1) is 21.3 Å². The van der Waals surface area contributed by atoms with Crippen molar-refractivity contribution in [1.82, 2.24) is 0 Å². The normalized spacial score (nSPS) is 13.7. The van der Waals surface area contributed by atoms with Gasteiger partial charge in [-0.15, -0.1) is 0 Å². The number of ether oxygens (including phenoxy) is 4. The number of carbonyl (C=O) groups is 1. The van der Waals surface area contributed by atoms with Crippen molar-refractivity contribution in [3.63, 3.8) is 0 Å².